The summed E-state index contributed by atoms with van der Waals surface area (Å²) >= 11 is 3.40. The Morgan fingerprint density at radius 3 is 2.50 bits per heavy atom. The molecule has 0 aromatic heterocycles. The van der Waals surface area contributed by atoms with Gasteiger partial charge in [-0.3, -0.25) is 0 Å². The lowest BCUT2D eigenvalue weighted by molar-refractivity contribution is 0.701. The lowest BCUT2D eigenvalue weighted by Crippen LogP contribution is -2.09. The zero-order chi connectivity index (χ0) is 10.0. The van der Waals surface area contributed by atoms with Crippen LogP contribution in [-0.2, 0) is 5.41 Å². The highest BCUT2D eigenvalue weighted by molar-refractivity contribution is 9.10. The Bertz CT molecular complexity index is 375. The van der Waals surface area contributed by atoms with Crippen LogP contribution in [-0.4, -0.2) is 6.54 Å². The number of hydrogen-bond donors (Lipinski definition) is 0. The fourth-order valence-corrected chi connectivity index (χ4v) is 1.92. The molecular weight excluding hydrogens is 242 g/mol. The van der Waals surface area contributed by atoms with Crippen LogP contribution in [0.25, 0.3) is 10.4 Å². The molecule has 1 aromatic carbocycles. The molecule has 0 N–H and O–H groups in total. The third-order valence-corrected chi connectivity index (χ3v) is 3.28. The zero-order valence-corrected chi connectivity index (χ0v) is 9.24. The fraction of sp³-hybridized carbons (Fsp3) is 0.400. The van der Waals surface area contributed by atoms with Crippen LogP contribution in [0.2, 0.25) is 0 Å². The lowest BCUT2D eigenvalue weighted by atomic mass is 9.96. The second-order valence-corrected chi connectivity index (χ2v) is 4.59. The van der Waals surface area contributed by atoms with Crippen molar-refractivity contribution in [3.63, 3.8) is 0 Å². The predicted octanol–water partition coefficient (Wildman–Crippen LogP) is 3.79. The number of halogens is 1. The van der Waals surface area contributed by atoms with Crippen molar-refractivity contribution in [2.45, 2.75) is 18.3 Å². The molecule has 1 saturated carbocycles. The van der Waals surface area contributed by atoms with Crippen LogP contribution in [0.1, 0.15) is 18.4 Å². The van der Waals surface area contributed by atoms with Crippen LogP contribution < -0.4 is 0 Å². The maximum absolute atomic E-state index is 8.30. The van der Waals surface area contributed by atoms with Crippen LogP contribution >= 0.6 is 15.9 Å². The van der Waals surface area contributed by atoms with E-state index in [1.165, 1.54) is 5.56 Å². The van der Waals surface area contributed by atoms with Gasteiger partial charge in [0.1, 0.15) is 0 Å². The summed E-state index contributed by atoms with van der Waals surface area (Å²) in [5.74, 6) is 0. The molecule has 0 aliphatic heterocycles. The minimum Gasteiger partial charge on any atom is -0.0931 e. The van der Waals surface area contributed by atoms with Gasteiger partial charge in [-0.2, -0.15) is 0 Å². The molecule has 0 saturated heterocycles. The molecule has 14 heavy (non-hydrogen) atoms. The van der Waals surface area contributed by atoms with Gasteiger partial charge in [-0.15, -0.1) is 0 Å². The Kier molecular flexibility index (Phi) is 2.48. The van der Waals surface area contributed by atoms with E-state index in [4.69, 9.17) is 5.53 Å². The molecule has 1 aliphatic rings. The molecule has 0 heterocycles. The van der Waals surface area contributed by atoms with Gasteiger partial charge in [-0.05, 0) is 36.1 Å². The van der Waals surface area contributed by atoms with Crippen LogP contribution in [0.15, 0.2) is 33.9 Å². The number of hydrogen-bond acceptors (Lipinski definition) is 1. The third-order valence-electron chi connectivity index (χ3n) is 2.75. The van der Waals surface area contributed by atoms with Crippen LogP contribution in [0.3, 0.4) is 0 Å². The first-order chi connectivity index (χ1) is 6.77. The minimum atomic E-state index is 0.146. The van der Waals surface area contributed by atoms with Crippen molar-refractivity contribution in [1.29, 1.82) is 0 Å². The number of azide groups is 1. The first-order valence-corrected chi connectivity index (χ1v) is 5.33. The summed E-state index contributed by atoms with van der Waals surface area (Å²) in [6.07, 6.45) is 2.27. The quantitative estimate of drug-likeness (QED) is 0.446. The molecule has 72 valence electrons. The molecule has 1 fully saturated rings. The van der Waals surface area contributed by atoms with Gasteiger partial charge in [0.05, 0.1) is 0 Å². The molecule has 0 radical (unpaired) electrons. The van der Waals surface area contributed by atoms with E-state index in [0.717, 1.165) is 17.3 Å². The SMILES string of the molecule is [N-]=[N+]=NCC1(c2ccc(Br)cc2)CC1. The second-order valence-electron chi connectivity index (χ2n) is 3.68. The molecule has 0 atom stereocenters. The van der Waals surface area contributed by atoms with Crippen molar-refractivity contribution in [2.75, 3.05) is 6.54 Å². The minimum absolute atomic E-state index is 0.146. The first-order valence-electron chi connectivity index (χ1n) is 4.54. The van der Waals surface area contributed by atoms with Crippen molar-refractivity contribution in [1.82, 2.24) is 0 Å². The van der Waals surface area contributed by atoms with Gasteiger partial charge in [0, 0.05) is 21.3 Å². The van der Waals surface area contributed by atoms with Crippen molar-refractivity contribution >= 4 is 15.9 Å². The summed E-state index contributed by atoms with van der Waals surface area (Å²) < 4.78 is 1.08. The van der Waals surface area contributed by atoms with Gasteiger partial charge in [-0.1, -0.05) is 33.2 Å². The Labute approximate surface area is 90.9 Å². The highest BCUT2D eigenvalue weighted by Gasteiger charge is 2.43. The lowest BCUT2D eigenvalue weighted by Gasteiger charge is -2.11. The van der Waals surface area contributed by atoms with Crippen LogP contribution in [0.5, 0.6) is 0 Å². The van der Waals surface area contributed by atoms with Crippen LogP contribution in [0.4, 0.5) is 0 Å². The van der Waals surface area contributed by atoms with E-state index >= 15 is 0 Å². The average Bonchev–Trinajstić information content (AvgIpc) is 2.97. The van der Waals surface area contributed by atoms with E-state index in [1.807, 2.05) is 12.1 Å². The summed E-state index contributed by atoms with van der Waals surface area (Å²) in [4.78, 5) is 2.82. The molecule has 1 aliphatic carbocycles. The summed E-state index contributed by atoms with van der Waals surface area (Å²) in [6.45, 7) is 0.588. The Hall–Kier alpha value is -0.990. The van der Waals surface area contributed by atoms with Crippen molar-refractivity contribution in [3.8, 4) is 0 Å². The Morgan fingerprint density at radius 1 is 1.36 bits per heavy atom. The maximum Gasteiger partial charge on any atom is 0.0355 e. The molecule has 0 amide bonds. The number of rotatable bonds is 3. The highest BCUT2D eigenvalue weighted by Crippen LogP contribution is 2.48. The second kappa shape index (κ2) is 3.64. The van der Waals surface area contributed by atoms with Gasteiger partial charge in [0.2, 0.25) is 0 Å². The molecule has 0 spiro atoms. The van der Waals surface area contributed by atoms with E-state index < -0.39 is 0 Å². The summed E-state index contributed by atoms with van der Waals surface area (Å²) in [5.41, 5.74) is 9.73. The fourth-order valence-electron chi connectivity index (χ4n) is 1.66. The van der Waals surface area contributed by atoms with E-state index in [0.29, 0.717) is 6.54 Å². The molecule has 4 heteroatoms. The van der Waals surface area contributed by atoms with Gasteiger partial charge in [0.15, 0.2) is 0 Å². The molecule has 0 bridgehead atoms. The topological polar surface area (TPSA) is 48.8 Å². The third kappa shape index (κ3) is 1.76. The monoisotopic (exact) mass is 251 g/mol. The van der Waals surface area contributed by atoms with E-state index in [-0.39, 0.29) is 5.41 Å². The number of nitrogens with zero attached hydrogens (tertiary/aromatic N) is 3. The summed E-state index contributed by atoms with van der Waals surface area (Å²) in [6, 6.07) is 8.27. The highest BCUT2D eigenvalue weighted by atomic mass is 79.9. The molecule has 0 unspecified atom stereocenters. The van der Waals surface area contributed by atoms with E-state index in [1.54, 1.807) is 0 Å². The summed E-state index contributed by atoms with van der Waals surface area (Å²) in [7, 11) is 0. The molecule has 3 nitrogen and oxygen atoms in total. The van der Waals surface area contributed by atoms with E-state index in [2.05, 4.69) is 38.1 Å². The number of benzene rings is 1. The summed E-state index contributed by atoms with van der Waals surface area (Å²) in [5, 5.41) is 3.67. The van der Waals surface area contributed by atoms with Gasteiger partial charge in [0.25, 0.3) is 0 Å². The van der Waals surface area contributed by atoms with Crippen molar-refractivity contribution < 1.29 is 0 Å². The molecule has 1 aromatic rings. The Morgan fingerprint density at radius 2 is 2.00 bits per heavy atom. The molecule has 2 rings (SSSR count). The van der Waals surface area contributed by atoms with Crippen molar-refractivity contribution in [2.24, 2.45) is 5.11 Å². The van der Waals surface area contributed by atoms with Crippen LogP contribution in [0, 0.1) is 0 Å². The van der Waals surface area contributed by atoms with Gasteiger partial charge in [-0.25, -0.2) is 0 Å². The smallest absolute Gasteiger partial charge is 0.0355 e. The average molecular weight is 252 g/mol. The van der Waals surface area contributed by atoms with Crippen molar-refractivity contribution in [3.05, 3.63) is 44.7 Å². The predicted molar refractivity (Wildman–Crippen MR) is 59.1 cm³/mol. The largest absolute Gasteiger partial charge is 0.0931 e. The van der Waals surface area contributed by atoms with E-state index in [9.17, 15) is 0 Å². The normalized spacial score (nSPS) is 17.2. The zero-order valence-electron chi connectivity index (χ0n) is 7.65. The first kappa shape index (κ1) is 9.56. The maximum atomic E-state index is 8.30. The van der Waals surface area contributed by atoms with Gasteiger partial charge >= 0.3 is 0 Å². The standard InChI is InChI=1S/C10H10BrN3/c11-9-3-1-8(2-4-9)10(5-6-10)7-13-14-12/h1-4H,5-7H2. The van der Waals surface area contributed by atoms with Gasteiger partial charge < -0.3 is 0 Å². The molecular formula is C10H10BrN3. The Balaban J connectivity index is 2.21.